The van der Waals surface area contributed by atoms with Crippen LogP contribution in [0.15, 0.2) is 23.2 Å². The Labute approximate surface area is 173 Å². The van der Waals surface area contributed by atoms with Gasteiger partial charge in [0.2, 0.25) is 6.79 Å². The zero-order chi connectivity index (χ0) is 17.5. The van der Waals surface area contributed by atoms with Crippen molar-refractivity contribution in [1.29, 1.82) is 0 Å². The van der Waals surface area contributed by atoms with Crippen LogP contribution in [-0.2, 0) is 11.3 Å². The molecule has 3 rings (SSSR count). The number of hydrogen-bond acceptors (Lipinski definition) is 4. The minimum atomic E-state index is 0. The van der Waals surface area contributed by atoms with Crippen molar-refractivity contribution in [2.75, 3.05) is 40.1 Å². The summed E-state index contributed by atoms with van der Waals surface area (Å²) in [5.41, 5.74) is 1.12. The van der Waals surface area contributed by atoms with Gasteiger partial charge in [0.05, 0.1) is 6.54 Å². The van der Waals surface area contributed by atoms with E-state index in [4.69, 9.17) is 19.2 Å². The predicted octanol–water partition coefficient (Wildman–Crippen LogP) is 3.25. The number of halogens is 1. The molecule has 2 aliphatic heterocycles. The Bertz CT molecular complexity index is 591. The second kappa shape index (κ2) is 10.8. The van der Waals surface area contributed by atoms with Crippen LogP contribution in [0.1, 0.15) is 31.7 Å². The second-order valence-corrected chi connectivity index (χ2v) is 6.62. The third-order valence-electron chi connectivity index (χ3n) is 4.76. The topological polar surface area (TPSA) is 55.3 Å². The highest BCUT2D eigenvalue weighted by Gasteiger charge is 2.16. The van der Waals surface area contributed by atoms with Crippen molar-refractivity contribution in [3.8, 4) is 11.5 Å². The highest BCUT2D eigenvalue weighted by atomic mass is 127. The number of ether oxygens (including phenoxy) is 3. The van der Waals surface area contributed by atoms with Gasteiger partial charge in [-0.2, -0.15) is 0 Å². The maximum atomic E-state index is 5.44. The van der Waals surface area contributed by atoms with Gasteiger partial charge in [-0.05, 0) is 49.8 Å². The molecule has 26 heavy (non-hydrogen) atoms. The molecule has 0 bridgehead atoms. The summed E-state index contributed by atoms with van der Waals surface area (Å²) in [4.78, 5) is 7.01. The first kappa shape index (κ1) is 21.1. The standard InChI is InChI=1S/C19H29N3O3.HI/c1-3-20-19(22(2)9-6-15-7-10-23-11-8-15)21-13-16-4-5-17-18(12-16)25-14-24-17;/h4-5,12,15H,3,6-11,13-14H2,1-2H3,(H,20,21);1H. The Morgan fingerprint density at radius 2 is 2.00 bits per heavy atom. The van der Waals surface area contributed by atoms with Gasteiger partial charge in [-0.15, -0.1) is 24.0 Å². The first-order chi connectivity index (χ1) is 12.3. The summed E-state index contributed by atoms with van der Waals surface area (Å²) in [6, 6.07) is 6.01. The van der Waals surface area contributed by atoms with Crippen molar-refractivity contribution >= 4 is 29.9 Å². The molecule has 0 aliphatic carbocycles. The molecule has 2 heterocycles. The zero-order valence-electron chi connectivity index (χ0n) is 15.7. The molecule has 0 spiro atoms. The number of fused-ring (bicyclic) bond motifs is 1. The van der Waals surface area contributed by atoms with E-state index in [-0.39, 0.29) is 24.0 Å². The number of aliphatic imine (C=N–C) groups is 1. The van der Waals surface area contributed by atoms with Gasteiger partial charge in [-0.1, -0.05) is 6.07 Å². The van der Waals surface area contributed by atoms with E-state index in [1.165, 1.54) is 19.3 Å². The summed E-state index contributed by atoms with van der Waals surface area (Å²) in [5.74, 6) is 3.35. The van der Waals surface area contributed by atoms with Crippen LogP contribution in [0.5, 0.6) is 11.5 Å². The molecule has 0 radical (unpaired) electrons. The van der Waals surface area contributed by atoms with Crippen LogP contribution in [-0.4, -0.2) is 51.0 Å². The van der Waals surface area contributed by atoms with Crippen LogP contribution < -0.4 is 14.8 Å². The van der Waals surface area contributed by atoms with Gasteiger partial charge in [-0.25, -0.2) is 4.99 Å². The van der Waals surface area contributed by atoms with Gasteiger partial charge in [-0.3, -0.25) is 0 Å². The van der Waals surface area contributed by atoms with Gasteiger partial charge in [0.25, 0.3) is 0 Å². The van der Waals surface area contributed by atoms with E-state index >= 15 is 0 Å². The molecule has 0 amide bonds. The van der Waals surface area contributed by atoms with Gasteiger partial charge in [0, 0.05) is 33.4 Å². The Morgan fingerprint density at radius 3 is 2.77 bits per heavy atom. The molecule has 7 heteroatoms. The molecule has 146 valence electrons. The third kappa shape index (κ3) is 5.90. The quantitative estimate of drug-likeness (QED) is 0.389. The van der Waals surface area contributed by atoms with Crippen molar-refractivity contribution < 1.29 is 14.2 Å². The minimum Gasteiger partial charge on any atom is -0.454 e. The number of guanidine groups is 1. The lowest BCUT2D eigenvalue weighted by atomic mass is 9.96. The summed E-state index contributed by atoms with van der Waals surface area (Å²) in [6.07, 6.45) is 3.55. The van der Waals surface area contributed by atoms with E-state index in [1.54, 1.807) is 0 Å². The Balaban J connectivity index is 0.00000243. The predicted molar refractivity (Wildman–Crippen MR) is 114 cm³/mol. The number of benzene rings is 1. The van der Waals surface area contributed by atoms with Gasteiger partial charge in [0.1, 0.15) is 0 Å². The summed E-state index contributed by atoms with van der Waals surface area (Å²) in [6.45, 7) is 6.72. The molecular formula is C19H30IN3O3. The van der Waals surface area contributed by atoms with Crippen molar-refractivity contribution in [3.63, 3.8) is 0 Å². The molecule has 2 aliphatic rings. The van der Waals surface area contributed by atoms with Crippen molar-refractivity contribution in [2.45, 2.75) is 32.7 Å². The van der Waals surface area contributed by atoms with E-state index in [1.807, 2.05) is 18.2 Å². The molecule has 0 atom stereocenters. The molecule has 0 saturated carbocycles. The van der Waals surface area contributed by atoms with Crippen molar-refractivity contribution in [2.24, 2.45) is 10.9 Å². The Hall–Kier alpha value is -1.22. The second-order valence-electron chi connectivity index (χ2n) is 6.62. The van der Waals surface area contributed by atoms with E-state index in [9.17, 15) is 0 Å². The molecule has 0 aromatic heterocycles. The fraction of sp³-hybridized carbons (Fsp3) is 0.632. The number of nitrogens with one attached hydrogen (secondary N) is 1. The van der Waals surface area contributed by atoms with Crippen LogP contribution in [0.3, 0.4) is 0 Å². The minimum absolute atomic E-state index is 0. The van der Waals surface area contributed by atoms with Crippen LogP contribution in [0.4, 0.5) is 0 Å². The van der Waals surface area contributed by atoms with Crippen LogP contribution in [0.25, 0.3) is 0 Å². The van der Waals surface area contributed by atoms with Crippen LogP contribution >= 0.6 is 24.0 Å². The van der Waals surface area contributed by atoms with E-state index in [0.29, 0.717) is 13.3 Å². The first-order valence-electron chi connectivity index (χ1n) is 9.22. The number of rotatable bonds is 6. The van der Waals surface area contributed by atoms with E-state index in [2.05, 4.69) is 24.2 Å². The van der Waals surface area contributed by atoms with Gasteiger partial charge >= 0.3 is 0 Å². The molecule has 0 unspecified atom stereocenters. The highest BCUT2D eigenvalue weighted by Crippen LogP contribution is 2.32. The smallest absolute Gasteiger partial charge is 0.231 e. The maximum absolute atomic E-state index is 5.44. The molecule has 1 aromatic rings. The largest absolute Gasteiger partial charge is 0.454 e. The van der Waals surface area contributed by atoms with Gasteiger partial charge in [0.15, 0.2) is 17.5 Å². The highest BCUT2D eigenvalue weighted by molar-refractivity contribution is 14.0. The molecule has 1 saturated heterocycles. The number of nitrogens with zero attached hydrogens (tertiary/aromatic N) is 2. The SMILES string of the molecule is CCNC(=NCc1ccc2c(c1)OCO2)N(C)CCC1CCOCC1.I. The monoisotopic (exact) mass is 475 g/mol. The fourth-order valence-corrected chi connectivity index (χ4v) is 3.19. The average Bonchev–Trinajstić information content (AvgIpc) is 3.12. The zero-order valence-corrected chi connectivity index (χ0v) is 18.0. The molecule has 1 N–H and O–H groups in total. The summed E-state index contributed by atoms with van der Waals surface area (Å²) >= 11 is 0. The Morgan fingerprint density at radius 1 is 1.23 bits per heavy atom. The summed E-state index contributed by atoms with van der Waals surface area (Å²) in [7, 11) is 2.11. The average molecular weight is 475 g/mol. The molecular weight excluding hydrogens is 445 g/mol. The molecule has 1 aromatic carbocycles. The van der Waals surface area contributed by atoms with Crippen LogP contribution in [0, 0.1) is 5.92 Å². The first-order valence-corrected chi connectivity index (χ1v) is 9.22. The Kier molecular flexibility index (Phi) is 8.77. The van der Waals surface area contributed by atoms with Crippen LogP contribution in [0.2, 0.25) is 0 Å². The lowest BCUT2D eigenvalue weighted by molar-refractivity contribution is 0.0625. The van der Waals surface area contributed by atoms with E-state index in [0.717, 1.165) is 55.2 Å². The summed E-state index contributed by atoms with van der Waals surface area (Å²) in [5, 5.41) is 3.39. The maximum Gasteiger partial charge on any atom is 0.231 e. The van der Waals surface area contributed by atoms with Crippen molar-refractivity contribution in [1.82, 2.24) is 10.2 Å². The molecule has 1 fully saturated rings. The fourth-order valence-electron chi connectivity index (χ4n) is 3.19. The van der Waals surface area contributed by atoms with Crippen molar-refractivity contribution in [3.05, 3.63) is 23.8 Å². The third-order valence-corrected chi connectivity index (χ3v) is 4.76. The molecule has 6 nitrogen and oxygen atoms in total. The number of hydrogen-bond donors (Lipinski definition) is 1. The van der Waals surface area contributed by atoms with Gasteiger partial charge < -0.3 is 24.4 Å². The lowest BCUT2D eigenvalue weighted by Gasteiger charge is -2.26. The lowest BCUT2D eigenvalue weighted by Crippen LogP contribution is -2.40. The van der Waals surface area contributed by atoms with E-state index < -0.39 is 0 Å². The normalized spacial score (nSPS) is 16.9. The summed E-state index contributed by atoms with van der Waals surface area (Å²) < 4.78 is 16.2.